The highest BCUT2D eigenvalue weighted by molar-refractivity contribution is 9.10. The average molecular weight is 538 g/mol. The SMILES string of the molecule is Cc1cc2c(cc1C)[n+](Cc1ccccc1Br)cn2CCCCn1c2ccccc2c2ccccc21. The topological polar surface area (TPSA) is 13.7 Å². The lowest BCUT2D eigenvalue weighted by Crippen LogP contribution is -2.33. The fraction of sp³-hybridized carbons (Fsp3) is 0.219. The van der Waals surface area contributed by atoms with Gasteiger partial charge in [0.05, 0.1) is 6.54 Å². The highest BCUT2D eigenvalue weighted by atomic mass is 79.9. The van der Waals surface area contributed by atoms with Crippen LogP contribution in [0.3, 0.4) is 0 Å². The Labute approximate surface area is 220 Å². The highest BCUT2D eigenvalue weighted by Crippen LogP contribution is 2.29. The van der Waals surface area contributed by atoms with Gasteiger partial charge in [0.1, 0.15) is 6.54 Å². The van der Waals surface area contributed by atoms with Crippen LogP contribution in [0.2, 0.25) is 0 Å². The lowest BCUT2D eigenvalue weighted by Gasteiger charge is -2.07. The molecular weight excluding hydrogens is 506 g/mol. The molecule has 0 unspecified atom stereocenters. The molecule has 36 heavy (non-hydrogen) atoms. The van der Waals surface area contributed by atoms with Gasteiger partial charge < -0.3 is 4.57 Å². The van der Waals surface area contributed by atoms with Crippen molar-refractivity contribution in [3.63, 3.8) is 0 Å². The summed E-state index contributed by atoms with van der Waals surface area (Å²) in [5.41, 5.74) is 9.28. The molecule has 0 saturated heterocycles. The van der Waals surface area contributed by atoms with Crippen molar-refractivity contribution in [1.29, 1.82) is 0 Å². The Morgan fingerprint density at radius 3 is 2.03 bits per heavy atom. The second-order valence-corrected chi connectivity index (χ2v) is 10.7. The lowest BCUT2D eigenvalue weighted by atomic mass is 10.1. The fourth-order valence-electron chi connectivity index (χ4n) is 5.45. The monoisotopic (exact) mass is 536 g/mol. The first-order valence-electron chi connectivity index (χ1n) is 12.8. The van der Waals surface area contributed by atoms with Crippen molar-refractivity contribution in [3.8, 4) is 0 Å². The Hall–Kier alpha value is -3.37. The summed E-state index contributed by atoms with van der Waals surface area (Å²) < 4.78 is 8.51. The molecule has 0 radical (unpaired) electrons. The van der Waals surface area contributed by atoms with E-state index < -0.39 is 0 Å². The molecule has 0 atom stereocenters. The normalized spacial score (nSPS) is 11.8. The van der Waals surface area contributed by atoms with E-state index in [2.05, 4.69) is 135 Å². The molecule has 4 heteroatoms. The molecule has 0 aliphatic carbocycles. The maximum absolute atomic E-state index is 3.73. The van der Waals surface area contributed by atoms with Crippen LogP contribution in [0.5, 0.6) is 0 Å². The summed E-state index contributed by atoms with van der Waals surface area (Å²) in [4.78, 5) is 0. The van der Waals surface area contributed by atoms with Crippen LogP contribution in [0.15, 0.2) is 95.7 Å². The molecule has 0 amide bonds. The first kappa shape index (κ1) is 23.1. The van der Waals surface area contributed by atoms with E-state index in [-0.39, 0.29) is 0 Å². The van der Waals surface area contributed by atoms with Crippen LogP contribution in [-0.4, -0.2) is 9.13 Å². The first-order valence-corrected chi connectivity index (χ1v) is 13.6. The molecule has 0 spiro atoms. The highest BCUT2D eigenvalue weighted by Gasteiger charge is 2.18. The molecular formula is C32H31BrN3+. The van der Waals surface area contributed by atoms with Crippen molar-refractivity contribution in [2.24, 2.45) is 0 Å². The van der Waals surface area contributed by atoms with Gasteiger partial charge in [-0.05, 0) is 68.1 Å². The minimum atomic E-state index is 0.856. The number of unbranched alkanes of at least 4 members (excludes halogenated alkanes) is 1. The number of aryl methyl sites for hydroxylation is 4. The predicted octanol–water partition coefficient (Wildman–Crippen LogP) is 7.94. The smallest absolute Gasteiger partial charge is 0.245 e. The van der Waals surface area contributed by atoms with Gasteiger partial charge in [0.2, 0.25) is 6.33 Å². The Morgan fingerprint density at radius 1 is 0.694 bits per heavy atom. The van der Waals surface area contributed by atoms with Gasteiger partial charge >= 0.3 is 0 Å². The molecule has 0 saturated carbocycles. The van der Waals surface area contributed by atoms with Crippen LogP contribution in [0, 0.1) is 13.8 Å². The number of halogens is 1. The number of rotatable bonds is 7. The van der Waals surface area contributed by atoms with E-state index in [1.54, 1.807) is 0 Å². The number of hydrogen-bond acceptors (Lipinski definition) is 0. The van der Waals surface area contributed by atoms with Gasteiger partial charge in [-0.2, -0.15) is 0 Å². The van der Waals surface area contributed by atoms with Gasteiger partial charge in [0.15, 0.2) is 11.0 Å². The van der Waals surface area contributed by atoms with Crippen molar-refractivity contribution in [1.82, 2.24) is 9.13 Å². The van der Waals surface area contributed by atoms with E-state index in [0.717, 1.165) is 36.9 Å². The van der Waals surface area contributed by atoms with Gasteiger partial charge in [-0.3, -0.25) is 0 Å². The Bertz CT molecular complexity index is 1650. The van der Waals surface area contributed by atoms with Crippen molar-refractivity contribution >= 4 is 48.8 Å². The third-order valence-electron chi connectivity index (χ3n) is 7.50. The summed E-state index contributed by atoms with van der Waals surface area (Å²) in [7, 11) is 0. The Kier molecular flexibility index (Phi) is 6.14. The molecule has 0 aliphatic heterocycles. The van der Waals surface area contributed by atoms with Gasteiger partial charge in [-0.1, -0.05) is 70.5 Å². The van der Waals surface area contributed by atoms with E-state index in [4.69, 9.17) is 0 Å². The molecule has 3 nitrogen and oxygen atoms in total. The summed E-state index contributed by atoms with van der Waals surface area (Å²) in [6, 6.07) is 30.8. The maximum Gasteiger partial charge on any atom is 0.245 e. The third kappa shape index (κ3) is 4.14. The summed E-state index contributed by atoms with van der Waals surface area (Å²) in [6.07, 6.45) is 4.58. The van der Waals surface area contributed by atoms with Gasteiger partial charge in [0, 0.05) is 38.4 Å². The quantitative estimate of drug-likeness (QED) is 0.145. The number of fused-ring (bicyclic) bond motifs is 4. The number of hydrogen-bond donors (Lipinski definition) is 0. The van der Waals surface area contributed by atoms with E-state index in [1.165, 1.54) is 49.5 Å². The number of nitrogens with zero attached hydrogens (tertiary/aromatic N) is 3. The second kappa shape index (κ2) is 9.59. The van der Waals surface area contributed by atoms with E-state index in [9.17, 15) is 0 Å². The minimum absolute atomic E-state index is 0.856. The summed E-state index contributed by atoms with van der Waals surface area (Å²) >= 11 is 3.73. The lowest BCUT2D eigenvalue weighted by molar-refractivity contribution is -0.663. The standard InChI is InChI=1S/C32H31BrN3/c1-23-19-31-32(20-24(23)2)35(21-25-11-3-6-14-28(25)33)22-34(31)17-9-10-18-36-29-15-7-4-12-26(29)27-13-5-8-16-30(27)36/h3-8,11-16,19-20,22H,9-10,17-18,21H2,1-2H3/q+1. The van der Waals surface area contributed by atoms with Crippen LogP contribution in [0.25, 0.3) is 32.8 Å². The first-order chi connectivity index (χ1) is 17.6. The van der Waals surface area contributed by atoms with Gasteiger partial charge in [-0.25, -0.2) is 9.13 Å². The van der Waals surface area contributed by atoms with Crippen molar-refractivity contribution < 1.29 is 4.57 Å². The maximum atomic E-state index is 3.73. The molecule has 2 heterocycles. The molecule has 0 aliphatic rings. The Morgan fingerprint density at radius 2 is 1.31 bits per heavy atom. The molecule has 180 valence electrons. The molecule has 2 aromatic heterocycles. The average Bonchev–Trinajstić information content (AvgIpc) is 3.39. The molecule has 0 fully saturated rings. The van der Waals surface area contributed by atoms with Crippen LogP contribution in [0.4, 0.5) is 0 Å². The number of benzene rings is 4. The van der Waals surface area contributed by atoms with Crippen molar-refractivity contribution in [2.45, 2.75) is 46.3 Å². The Balaban J connectivity index is 1.26. The molecule has 6 rings (SSSR count). The minimum Gasteiger partial charge on any atom is -0.340 e. The fourth-order valence-corrected chi connectivity index (χ4v) is 5.86. The molecule has 6 aromatic rings. The summed E-state index contributed by atoms with van der Waals surface area (Å²) in [6.45, 7) is 7.32. The van der Waals surface area contributed by atoms with Crippen LogP contribution >= 0.6 is 15.9 Å². The molecule has 0 N–H and O–H groups in total. The van der Waals surface area contributed by atoms with E-state index in [1.807, 2.05) is 0 Å². The zero-order valence-electron chi connectivity index (χ0n) is 20.9. The van der Waals surface area contributed by atoms with Gasteiger partial charge in [0.25, 0.3) is 0 Å². The zero-order chi connectivity index (χ0) is 24.6. The summed E-state index contributed by atoms with van der Waals surface area (Å²) in [5, 5.41) is 2.70. The molecule has 4 aromatic carbocycles. The number of para-hydroxylation sites is 2. The number of imidazole rings is 1. The van der Waals surface area contributed by atoms with Crippen molar-refractivity contribution in [2.75, 3.05) is 0 Å². The second-order valence-electron chi connectivity index (χ2n) is 9.85. The van der Waals surface area contributed by atoms with Crippen molar-refractivity contribution in [3.05, 3.63) is 112 Å². The summed E-state index contributed by atoms with van der Waals surface area (Å²) in [5.74, 6) is 0. The van der Waals surface area contributed by atoms with E-state index >= 15 is 0 Å². The largest absolute Gasteiger partial charge is 0.340 e. The van der Waals surface area contributed by atoms with E-state index in [0.29, 0.717) is 0 Å². The van der Waals surface area contributed by atoms with Crippen LogP contribution in [-0.2, 0) is 19.6 Å². The molecule has 0 bridgehead atoms. The predicted molar refractivity (Wildman–Crippen MR) is 154 cm³/mol. The third-order valence-corrected chi connectivity index (χ3v) is 8.27. The van der Waals surface area contributed by atoms with Gasteiger partial charge in [-0.15, -0.1) is 0 Å². The van der Waals surface area contributed by atoms with Crippen LogP contribution < -0.4 is 4.57 Å². The number of aromatic nitrogens is 3. The van der Waals surface area contributed by atoms with Crippen LogP contribution in [0.1, 0.15) is 29.5 Å². The zero-order valence-corrected chi connectivity index (χ0v) is 22.5.